The normalized spacial score (nSPS) is 30.6. The summed E-state index contributed by atoms with van der Waals surface area (Å²) in [5, 5.41) is 11.0. The summed E-state index contributed by atoms with van der Waals surface area (Å²) in [6.07, 6.45) is 2.36. The largest absolute Gasteiger partial charge is 0.289 e. The molecule has 1 fully saturated rings. The van der Waals surface area contributed by atoms with E-state index in [0.717, 1.165) is 6.54 Å². The zero-order valence-electron chi connectivity index (χ0n) is 7.10. The molecule has 5 heteroatoms. The predicted octanol–water partition coefficient (Wildman–Crippen LogP) is 0.595. The molecule has 1 unspecified atom stereocenters. The summed E-state index contributed by atoms with van der Waals surface area (Å²) in [6.45, 7) is 3.46. The first-order valence-electron chi connectivity index (χ1n) is 4.26. The molecule has 1 atom stereocenters. The van der Waals surface area contributed by atoms with Crippen molar-refractivity contribution in [1.29, 1.82) is 0 Å². The standard InChI is InChI=1S/C7H12N4O/c1-6-3-2-4-10(6)11-5-7(12)8-9-11/h6H,2-5H2,1H3. The zero-order valence-corrected chi connectivity index (χ0v) is 7.10. The molecule has 2 aliphatic heterocycles. The van der Waals surface area contributed by atoms with Crippen LogP contribution in [0.3, 0.4) is 0 Å². The van der Waals surface area contributed by atoms with E-state index >= 15 is 0 Å². The first-order valence-corrected chi connectivity index (χ1v) is 4.26. The third-order valence-corrected chi connectivity index (χ3v) is 2.35. The van der Waals surface area contributed by atoms with Gasteiger partial charge in [-0.1, -0.05) is 10.3 Å². The van der Waals surface area contributed by atoms with E-state index in [1.54, 1.807) is 5.12 Å². The summed E-state index contributed by atoms with van der Waals surface area (Å²) >= 11 is 0. The lowest BCUT2D eigenvalue weighted by molar-refractivity contribution is -0.120. The van der Waals surface area contributed by atoms with Crippen LogP contribution >= 0.6 is 0 Å². The minimum absolute atomic E-state index is 0.144. The van der Waals surface area contributed by atoms with Gasteiger partial charge in [0, 0.05) is 12.6 Å². The van der Waals surface area contributed by atoms with E-state index in [2.05, 4.69) is 22.3 Å². The van der Waals surface area contributed by atoms with Crippen LogP contribution in [0.15, 0.2) is 10.3 Å². The molecule has 5 nitrogen and oxygen atoms in total. The van der Waals surface area contributed by atoms with E-state index in [0.29, 0.717) is 12.6 Å². The van der Waals surface area contributed by atoms with Crippen molar-refractivity contribution < 1.29 is 4.79 Å². The molecule has 0 radical (unpaired) electrons. The first kappa shape index (κ1) is 7.67. The lowest BCUT2D eigenvalue weighted by Gasteiger charge is -2.27. The molecule has 0 spiro atoms. The Balaban J connectivity index is 2.01. The fourth-order valence-corrected chi connectivity index (χ4v) is 1.69. The van der Waals surface area contributed by atoms with Gasteiger partial charge in [0.05, 0.1) is 0 Å². The summed E-state index contributed by atoms with van der Waals surface area (Å²) in [5.74, 6) is -0.144. The maximum absolute atomic E-state index is 10.8. The van der Waals surface area contributed by atoms with E-state index in [4.69, 9.17) is 0 Å². The highest BCUT2D eigenvalue weighted by molar-refractivity contribution is 5.79. The fourth-order valence-electron chi connectivity index (χ4n) is 1.69. The number of amides is 1. The average Bonchev–Trinajstić information content (AvgIpc) is 2.58. The maximum Gasteiger partial charge on any atom is 0.289 e. The smallest absolute Gasteiger partial charge is 0.269 e. The Labute approximate surface area is 71.0 Å². The summed E-state index contributed by atoms with van der Waals surface area (Å²) in [7, 11) is 0. The van der Waals surface area contributed by atoms with Crippen molar-refractivity contribution in [2.24, 2.45) is 10.3 Å². The minimum atomic E-state index is -0.144. The molecule has 2 aliphatic rings. The van der Waals surface area contributed by atoms with E-state index in [1.807, 2.05) is 0 Å². The van der Waals surface area contributed by atoms with Gasteiger partial charge in [0.15, 0.2) is 0 Å². The van der Waals surface area contributed by atoms with Crippen molar-refractivity contribution in [3.05, 3.63) is 0 Å². The second-order valence-electron chi connectivity index (χ2n) is 3.27. The Morgan fingerprint density at radius 2 is 2.42 bits per heavy atom. The average molecular weight is 168 g/mol. The molecular formula is C7H12N4O. The zero-order chi connectivity index (χ0) is 8.55. The van der Waals surface area contributed by atoms with Crippen LogP contribution in [0, 0.1) is 0 Å². The number of nitrogens with zero attached hydrogens (tertiary/aromatic N) is 4. The third-order valence-electron chi connectivity index (χ3n) is 2.35. The fraction of sp³-hybridized carbons (Fsp3) is 0.857. The molecule has 0 aliphatic carbocycles. The van der Waals surface area contributed by atoms with Crippen molar-refractivity contribution in [3.8, 4) is 0 Å². The van der Waals surface area contributed by atoms with Crippen LogP contribution in [0.25, 0.3) is 0 Å². The van der Waals surface area contributed by atoms with Crippen LogP contribution < -0.4 is 0 Å². The van der Waals surface area contributed by atoms with Crippen molar-refractivity contribution in [2.45, 2.75) is 25.8 Å². The Morgan fingerprint density at radius 1 is 1.58 bits per heavy atom. The molecule has 0 aromatic rings. The molecule has 0 saturated carbocycles. The van der Waals surface area contributed by atoms with Gasteiger partial charge in [0.25, 0.3) is 5.91 Å². The van der Waals surface area contributed by atoms with E-state index < -0.39 is 0 Å². The molecule has 2 rings (SSSR count). The van der Waals surface area contributed by atoms with Gasteiger partial charge in [0.1, 0.15) is 6.54 Å². The summed E-state index contributed by atoms with van der Waals surface area (Å²) in [5.41, 5.74) is 0. The molecule has 66 valence electrons. The van der Waals surface area contributed by atoms with Crippen LogP contribution in [0.4, 0.5) is 0 Å². The Morgan fingerprint density at radius 3 is 2.92 bits per heavy atom. The van der Waals surface area contributed by atoms with Crippen LogP contribution in [0.5, 0.6) is 0 Å². The van der Waals surface area contributed by atoms with E-state index in [-0.39, 0.29) is 5.91 Å². The minimum Gasteiger partial charge on any atom is -0.269 e. The Hall–Kier alpha value is -0.970. The molecule has 0 aromatic carbocycles. The van der Waals surface area contributed by atoms with Gasteiger partial charge < -0.3 is 0 Å². The van der Waals surface area contributed by atoms with Crippen LogP contribution in [0.1, 0.15) is 19.8 Å². The number of carbonyl (C=O) groups is 1. The van der Waals surface area contributed by atoms with Crippen molar-refractivity contribution in [2.75, 3.05) is 13.1 Å². The second kappa shape index (κ2) is 2.82. The number of hydrogen-bond acceptors (Lipinski definition) is 4. The molecule has 1 amide bonds. The number of hydrogen-bond donors (Lipinski definition) is 0. The van der Waals surface area contributed by atoms with Gasteiger partial charge in [-0.15, -0.1) is 0 Å². The molecular weight excluding hydrogens is 156 g/mol. The lowest BCUT2D eigenvalue weighted by Crippen LogP contribution is -2.40. The van der Waals surface area contributed by atoms with Crippen LogP contribution in [-0.4, -0.2) is 35.2 Å². The predicted molar refractivity (Wildman–Crippen MR) is 42.0 cm³/mol. The molecule has 0 aromatic heterocycles. The van der Waals surface area contributed by atoms with Gasteiger partial charge in [-0.05, 0) is 19.8 Å². The summed E-state index contributed by atoms with van der Waals surface area (Å²) < 4.78 is 0. The quantitative estimate of drug-likeness (QED) is 0.576. The highest BCUT2D eigenvalue weighted by Gasteiger charge is 2.29. The monoisotopic (exact) mass is 168 g/mol. The van der Waals surface area contributed by atoms with Crippen molar-refractivity contribution >= 4 is 5.91 Å². The summed E-state index contributed by atoms with van der Waals surface area (Å²) in [6, 6.07) is 0.495. The van der Waals surface area contributed by atoms with Crippen LogP contribution in [-0.2, 0) is 4.79 Å². The number of carbonyl (C=O) groups excluding carboxylic acids is 1. The number of rotatable bonds is 1. The van der Waals surface area contributed by atoms with Crippen molar-refractivity contribution in [3.63, 3.8) is 0 Å². The molecule has 0 N–H and O–H groups in total. The van der Waals surface area contributed by atoms with E-state index in [9.17, 15) is 4.79 Å². The summed E-state index contributed by atoms with van der Waals surface area (Å²) in [4.78, 5) is 10.8. The highest BCUT2D eigenvalue weighted by atomic mass is 16.2. The van der Waals surface area contributed by atoms with Gasteiger partial charge in [0.2, 0.25) is 0 Å². The van der Waals surface area contributed by atoms with Crippen molar-refractivity contribution in [1.82, 2.24) is 10.1 Å². The third kappa shape index (κ3) is 1.20. The molecule has 0 bridgehead atoms. The van der Waals surface area contributed by atoms with Crippen LogP contribution in [0.2, 0.25) is 0 Å². The second-order valence-corrected chi connectivity index (χ2v) is 3.27. The van der Waals surface area contributed by atoms with Gasteiger partial charge in [-0.25, -0.2) is 5.01 Å². The topological polar surface area (TPSA) is 48.3 Å². The number of hydrazine groups is 1. The van der Waals surface area contributed by atoms with Gasteiger partial charge in [-0.2, -0.15) is 5.12 Å². The van der Waals surface area contributed by atoms with Gasteiger partial charge in [-0.3, -0.25) is 4.79 Å². The van der Waals surface area contributed by atoms with Gasteiger partial charge >= 0.3 is 0 Å². The maximum atomic E-state index is 10.8. The SMILES string of the molecule is CC1CCCN1N1CC(=O)N=N1. The first-order chi connectivity index (χ1) is 5.77. The van der Waals surface area contributed by atoms with E-state index in [1.165, 1.54) is 12.8 Å². The molecule has 1 saturated heterocycles. The molecule has 12 heavy (non-hydrogen) atoms. The highest BCUT2D eigenvalue weighted by Crippen LogP contribution is 2.20. The Kier molecular flexibility index (Phi) is 1.80. The Bertz CT molecular complexity index is 227. The lowest BCUT2D eigenvalue weighted by atomic mass is 10.3. The molecule has 2 heterocycles.